The largest absolute Gasteiger partial charge is 0.352 e. The molecule has 0 aromatic heterocycles. The number of nitrogens with one attached hydrogen (secondary N) is 2. The summed E-state index contributed by atoms with van der Waals surface area (Å²) in [5, 5.41) is 5.93. The molecule has 1 heterocycles. The van der Waals surface area contributed by atoms with Crippen molar-refractivity contribution in [3.05, 3.63) is 35.4 Å². The molecule has 1 aromatic rings. The lowest BCUT2D eigenvalue weighted by Crippen LogP contribution is -2.36. The number of hydrogen-bond acceptors (Lipinski definition) is 3. The Morgan fingerprint density at radius 1 is 1.17 bits per heavy atom. The zero-order valence-corrected chi connectivity index (χ0v) is 16.3. The van der Waals surface area contributed by atoms with Crippen LogP contribution in [0.2, 0.25) is 0 Å². The van der Waals surface area contributed by atoms with Crippen LogP contribution in [0.4, 0.5) is 0 Å². The van der Waals surface area contributed by atoms with Crippen LogP contribution in [0.5, 0.6) is 0 Å². The highest BCUT2D eigenvalue weighted by molar-refractivity contribution is 5.85. The molecule has 138 valence electrons. The van der Waals surface area contributed by atoms with E-state index in [-0.39, 0.29) is 30.7 Å². The van der Waals surface area contributed by atoms with Crippen molar-refractivity contribution >= 4 is 30.7 Å². The third-order valence-electron chi connectivity index (χ3n) is 4.44. The normalized spacial score (nSPS) is 17.5. The summed E-state index contributed by atoms with van der Waals surface area (Å²) in [6, 6.07) is 9.33. The van der Waals surface area contributed by atoms with Crippen LogP contribution in [0.3, 0.4) is 0 Å². The number of carbonyl (C=O) groups is 1. The number of amides is 1. The van der Waals surface area contributed by atoms with Crippen molar-refractivity contribution in [2.24, 2.45) is 0 Å². The summed E-state index contributed by atoms with van der Waals surface area (Å²) < 4.78 is 0. The van der Waals surface area contributed by atoms with Crippen LogP contribution in [-0.4, -0.2) is 37.0 Å². The van der Waals surface area contributed by atoms with E-state index in [1.165, 1.54) is 31.4 Å². The molecular formula is C18H31Cl2N3O. The van der Waals surface area contributed by atoms with Crippen molar-refractivity contribution < 1.29 is 4.79 Å². The Balaban J connectivity index is 0.00000264. The molecule has 1 aliphatic rings. The summed E-state index contributed by atoms with van der Waals surface area (Å²) >= 11 is 0. The maximum Gasteiger partial charge on any atom is 0.221 e. The molecule has 1 amide bonds. The Morgan fingerprint density at radius 2 is 1.83 bits per heavy atom. The zero-order valence-electron chi connectivity index (χ0n) is 14.7. The lowest BCUT2D eigenvalue weighted by Gasteiger charge is -2.33. The Kier molecular flexibility index (Phi) is 12.1. The minimum atomic E-state index is 0. The number of piperidine rings is 1. The molecule has 1 saturated heterocycles. The van der Waals surface area contributed by atoms with Crippen LogP contribution in [0, 0.1) is 0 Å². The minimum absolute atomic E-state index is 0. The first-order valence-corrected chi connectivity index (χ1v) is 8.42. The van der Waals surface area contributed by atoms with Crippen LogP contribution >= 0.6 is 24.8 Å². The van der Waals surface area contributed by atoms with Gasteiger partial charge in [-0.25, -0.2) is 0 Å². The maximum absolute atomic E-state index is 11.6. The highest BCUT2D eigenvalue weighted by Crippen LogP contribution is 2.19. The molecule has 1 aromatic carbocycles. The lowest BCUT2D eigenvalue weighted by atomic mass is 10.0. The molecule has 1 unspecified atom stereocenters. The molecule has 1 atom stereocenters. The summed E-state index contributed by atoms with van der Waals surface area (Å²) in [7, 11) is 1.86. The maximum atomic E-state index is 11.6. The summed E-state index contributed by atoms with van der Waals surface area (Å²) in [4.78, 5) is 14.2. The summed E-state index contributed by atoms with van der Waals surface area (Å²) in [5.74, 6) is 0.0977. The van der Waals surface area contributed by atoms with Gasteiger partial charge in [0.15, 0.2) is 0 Å². The third-order valence-corrected chi connectivity index (χ3v) is 4.44. The average molecular weight is 376 g/mol. The Morgan fingerprint density at radius 3 is 2.46 bits per heavy atom. The Hall–Kier alpha value is -0.810. The van der Waals surface area contributed by atoms with E-state index in [0.29, 0.717) is 19.0 Å². The Bertz CT molecular complexity index is 468. The van der Waals surface area contributed by atoms with E-state index in [2.05, 4.69) is 46.7 Å². The fourth-order valence-corrected chi connectivity index (χ4v) is 2.92. The van der Waals surface area contributed by atoms with Crippen LogP contribution in [0.1, 0.15) is 43.7 Å². The fourth-order valence-electron chi connectivity index (χ4n) is 2.92. The van der Waals surface area contributed by atoms with Gasteiger partial charge in [-0.2, -0.15) is 0 Å². The van der Waals surface area contributed by atoms with Gasteiger partial charge in [-0.15, -0.1) is 24.8 Å². The standard InChI is InChI=1S/C18H29N3O.2ClH/c1-15-5-3-4-12-21(15)14-17-8-6-16(7-9-17)13-20-18(22)10-11-19-2;;/h6-9,15,19H,3-5,10-14H2,1-2H3,(H,20,22);2*1H. The first-order chi connectivity index (χ1) is 10.7. The summed E-state index contributed by atoms with van der Waals surface area (Å²) in [6.45, 7) is 5.91. The van der Waals surface area contributed by atoms with E-state index in [1.54, 1.807) is 0 Å². The molecular weight excluding hydrogens is 345 g/mol. The zero-order chi connectivity index (χ0) is 15.8. The molecule has 2 rings (SSSR count). The minimum Gasteiger partial charge on any atom is -0.352 e. The number of carbonyl (C=O) groups excluding carboxylic acids is 1. The second-order valence-corrected chi connectivity index (χ2v) is 6.26. The Labute approximate surface area is 158 Å². The number of rotatable bonds is 7. The van der Waals surface area contributed by atoms with Crippen molar-refractivity contribution in [1.29, 1.82) is 0 Å². The molecule has 1 aliphatic heterocycles. The molecule has 0 aliphatic carbocycles. The highest BCUT2D eigenvalue weighted by Gasteiger charge is 2.17. The average Bonchev–Trinajstić information content (AvgIpc) is 2.54. The van der Waals surface area contributed by atoms with Gasteiger partial charge >= 0.3 is 0 Å². The molecule has 0 bridgehead atoms. The molecule has 2 N–H and O–H groups in total. The van der Waals surface area contributed by atoms with Crippen molar-refractivity contribution in [3.8, 4) is 0 Å². The van der Waals surface area contributed by atoms with E-state index in [4.69, 9.17) is 0 Å². The van der Waals surface area contributed by atoms with Crippen molar-refractivity contribution in [3.63, 3.8) is 0 Å². The number of likely N-dealkylation sites (tertiary alicyclic amines) is 1. The van der Waals surface area contributed by atoms with Gasteiger partial charge in [-0.1, -0.05) is 30.7 Å². The van der Waals surface area contributed by atoms with Gasteiger partial charge in [0.05, 0.1) is 0 Å². The first-order valence-electron chi connectivity index (χ1n) is 8.42. The van der Waals surface area contributed by atoms with E-state index < -0.39 is 0 Å². The molecule has 4 nitrogen and oxygen atoms in total. The van der Waals surface area contributed by atoms with Crippen LogP contribution in [-0.2, 0) is 17.9 Å². The van der Waals surface area contributed by atoms with Crippen LogP contribution in [0.25, 0.3) is 0 Å². The van der Waals surface area contributed by atoms with Gasteiger partial charge in [-0.3, -0.25) is 9.69 Å². The van der Waals surface area contributed by atoms with E-state index in [1.807, 2.05) is 7.05 Å². The van der Waals surface area contributed by atoms with Gasteiger partial charge in [0.25, 0.3) is 0 Å². The van der Waals surface area contributed by atoms with Gasteiger partial charge in [-0.05, 0) is 44.5 Å². The quantitative estimate of drug-likeness (QED) is 0.769. The number of halogens is 2. The van der Waals surface area contributed by atoms with Crippen LogP contribution in [0.15, 0.2) is 24.3 Å². The first kappa shape index (κ1) is 23.2. The molecule has 6 heteroatoms. The van der Waals surface area contributed by atoms with Crippen molar-refractivity contribution in [2.45, 2.75) is 51.7 Å². The van der Waals surface area contributed by atoms with Gasteiger partial charge in [0.1, 0.15) is 0 Å². The third kappa shape index (κ3) is 7.84. The molecule has 0 spiro atoms. The number of nitrogens with zero attached hydrogens (tertiary/aromatic N) is 1. The number of benzene rings is 1. The summed E-state index contributed by atoms with van der Waals surface area (Å²) in [6.07, 6.45) is 4.53. The fraction of sp³-hybridized carbons (Fsp3) is 0.611. The molecule has 0 saturated carbocycles. The predicted molar refractivity (Wildman–Crippen MR) is 105 cm³/mol. The van der Waals surface area contributed by atoms with Gasteiger partial charge in [0.2, 0.25) is 5.91 Å². The lowest BCUT2D eigenvalue weighted by molar-refractivity contribution is -0.121. The monoisotopic (exact) mass is 375 g/mol. The molecule has 24 heavy (non-hydrogen) atoms. The summed E-state index contributed by atoms with van der Waals surface area (Å²) in [5.41, 5.74) is 2.52. The van der Waals surface area contributed by atoms with E-state index in [0.717, 1.165) is 18.7 Å². The SMILES string of the molecule is CNCCC(=O)NCc1ccc(CN2CCCCC2C)cc1.Cl.Cl. The second kappa shape index (κ2) is 12.5. The van der Waals surface area contributed by atoms with Crippen molar-refractivity contribution in [2.75, 3.05) is 20.1 Å². The molecule has 1 fully saturated rings. The van der Waals surface area contributed by atoms with Gasteiger partial charge in [0, 0.05) is 32.1 Å². The van der Waals surface area contributed by atoms with Crippen LogP contribution < -0.4 is 10.6 Å². The van der Waals surface area contributed by atoms with E-state index in [9.17, 15) is 4.79 Å². The smallest absolute Gasteiger partial charge is 0.221 e. The molecule has 0 radical (unpaired) electrons. The second-order valence-electron chi connectivity index (χ2n) is 6.26. The van der Waals surface area contributed by atoms with E-state index >= 15 is 0 Å². The number of hydrogen-bond donors (Lipinski definition) is 2. The highest BCUT2D eigenvalue weighted by atomic mass is 35.5. The van der Waals surface area contributed by atoms with Crippen molar-refractivity contribution in [1.82, 2.24) is 15.5 Å². The topological polar surface area (TPSA) is 44.4 Å². The predicted octanol–water partition coefficient (Wildman–Crippen LogP) is 3.13. The van der Waals surface area contributed by atoms with Gasteiger partial charge < -0.3 is 10.6 Å².